The lowest BCUT2D eigenvalue weighted by molar-refractivity contribution is -0.136. The lowest BCUT2D eigenvalue weighted by Crippen LogP contribution is -2.37. The maximum Gasteiger partial charge on any atom is 0.313 e. The monoisotopic (exact) mass is 362 g/mol. The van der Waals surface area contributed by atoms with Crippen molar-refractivity contribution in [3.8, 4) is 0 Å². The molecule has 0 spiro atoms. The molecule has 0 fully saturated rings. The molecule has 1 aromatic carbocycles. The van der Waals surface area contributed by atoms with Crippen LogP contribution < -0.4 is 10.6 Å². The van der Waals surface area contributed by atoms with Crippen molar-refractivity contribution in [3.05, 3.63) is 48.3 Å². The summed E-state index contributed by atoms with van der Waals surface area (Å²) in [5.41, 5.74) is 1.44. The molecule has 0 saturated carbocycles. The van der Waals surface area contributed by atoms with Gasteiger partial charge in [-0.05, 0) is 19.4 Å². The van der Waals surface area contributed by atoms with E-state index in [-0.39, 0.29) is 12.6 Å². The Balaban J connectivity index is 1.72. The van der Waals surface area contributed by atoms with Gasteiger partial charge >= 0.3 is 11.8 Å². The van der Waals surface area contributed by atoms with Gasteiger partial charge in [-0.15, -0.1) is 0 Å². The van der Waals surface area contributed by atoms with Gasteiger partial charge in [0.25, 0.3) is 0 Å². The standard InChI is InChI=1S/C17H22N4O3S/c1-13(2)21-11-15(10-19-21)20-17(23)16(22)18-8-9-25(24)12-14-6-4-3-5-7-14/h3-7,10-11,13H,8-9,12H2,1-2H3,(H,18,22)(H,20,23)/t25-/m0/s1. The first-order chi connectivity index (χ1) is 12.0. The molecule has 0 aliphatic heterocycles. The van der Waals surface area contributed by atoms with E-state index < -0.39 is 22.6 Å². The van der Waals surface area contributed by atoms with Crippen LogP contribution in [0.1, 0.15) is 25.5 Å². The quantitative estimate of drug-likeness (QED) is 0.730. The van der Waals surface area contributed by atoms with Gasteiger partial charge in [-0.25, -0.2) is 0 Å². The second-order valence-corrected chi connectivity index (χ2v) is 7.36. The fourth-order valence-electron chi connectivity index (χ4n) is 2.06. The van der Waals surface area contributed by atoms with Crippen LogP contribution in [0.4, 0.5) is 5.69 Å². The molecule has 8 heteroatoms. The van der Waals surface area contributed by atoms with Crippen LogP contribution in [0.15, 0.2) is 42.7 Å². The van der Waals surface area contributed by atoms with Gasteiger partial charge in [-0.3, -0.25) is 18.5 Å². The van der Waals surface area contributed by atoms with Gasteiger partial charge in [0, 0.05) is 41.1 Å². The third kappa shape index (κ3) is 6.15. The molecule has 0 radical (unpaired) electrons. The summed E-state index contributed by atoms with van der Waals surface area (Å²) >= 11 is 0. The van der Waals surface area contributed by atoms with Gasteiger partial charge in [0.2, 0.25) is 0 Å². The van der Waals surface area contributed by atoms with Crippen molar-refractivity contribution in [2.45, 2.75) is 25.6 Å². The molecule has 134 valence electrons. The molecule has 7 nitrogen and oxygen atoms in total. The van der Waals surface area contributed by atoms with Gasteiger partial charge in [0.15, 0.2) is 0 Å². The van der Waals surface area contributed by atoms with Crippen molar-refractivity contribution >= 4 is 28.3 Å². The van der Waals surface area contributed by atoms with Crippen LogP contribution >= 0.6 is 0 Å². The molecule has 0 aliphatic rings. The van der Waals surface area contributed by atoms with Crippen molar-refractivity contribution in [1.29, 1.82) is 0 Å². The van der Waals surface area contributed by atoms with E-state index >= 15 is 0 Å². The minimum Gasteiger partial charge on any atom is -0.347 e. The van der Waals surface area contributed by atoms with Gasteiger partial charge in [0.05, 0.1) is 11.9 Å². The van der Waals surface area contributed by atoms with E-state index in [2.05, 4.69) is 15.7 Å². The molecular formula is C17H22N4O3S. The zero-order valence-corrected chi connectivity index (χ0v) is 15.1. The van der Waals surface area contributed by atoms with Gasteiger partial charge in [-0.1, -0.05) is 30.3 Å². The Morgan fingerprint density at radius 1 is 1.20 bits per heavy atom. The van der Waals surface area contributed by atoms with Crippen LogP contribution in [0.5, 0.6) is 0 Å². The summed E-state index contributed by atoms with van der Waals surface area (Å²) in [4.78, 5) is 23.6. The predicted molar refractivity (Wildman–Crippen MR) is 97.4 cm³/mol. The topological polar surface area (TPSA) is 93.1 Å². The fourth-order valence-corrected chi connectivity index (χ4v) is 3.10. The SMILES string of the molecule is CC(C)n1cc(NC(=O)C(=O)NCC[S@](=O)Cc2ccccc2)cn1. The molecule has 0 saturated heterocycles. The highest BCUT2D eigenvalue weighted by atomic mass is 32.2. The zero-order chi connectivity index (χ0) is 18.2. The smallest absolute Gasteiger partial charge is 0.313 e. The molecule has 2 N–H and O–H groups in total. The van der Waals surface area contributed by atoms with E-state index in [1.54, 1.807) is 10.9 Å². The number of benzene rings is 1. The molecule has 0 unspecified atom stereocenters. The lowest BCUT2D eigenvalue weighted by atomic mass is 10.2. The highest BCUT2D eigenvalue weighted by Gasteiger charge is 2.15. The summed E-state index contributed by atoms with van der Waals surface area (Å²) in [6.45, 7) is 4.10. The van der Waals surface area contributed by atoms with Crippen LogP contribution in [0.25, 0.3) is 0 Å². The number of hydrogen-bond donors (Lipinski definition) is 2. The first-order valence-electron chi connectivity index (χ1n) is 7.98. The number of anilines is 1. The summed E-state index contributed by atoms with van der Waals surface area (Å²) in [6.07, 6.45) is 3.14. The van der Waals surface area contributed by atoms with E-state index in [0.29, 0.717) is 17.2 Å². The molecule has 2 amide bonds. The number of hydrogen-bond acceptors (Lipinski definition) is 4. The summed E-state index contributed by atoms with van der Waals surface area (Å²) in [6, 6.07) is 9.65. The normalized spacial score (nSPS) is 12.0. The van der Waals surface area contributed by atoms with Gasteiger partial charge in [0.1, 0.15) is 0 Å². The molecule has 0 bridgehead atoms. The summed E-state index contributed by atoms with van der Waals surface area (Å²) in [5.74, 6) is -0.803. The van der Waals surface area contributed by atoms with Crippen molar-refractivity contribution in [2.75, 3.05) is 17.6 Å². The fraction of sp³-hybridized carbons (Fsp3) is 0.353. The highest BCUT2D eigenvalue weighted by molar-refractivity contribution is 7.84. The molecule has 1 aromatic heterocycles. The van der Waals surface area contributed by atoms with Crippen LogP contribution in [-0.2, 0) is 26.1 Å². The Morgan fingerprint density at radius 3 is 2.56 bits per heavy atom. The third-order valence-electron chi connectivity index (χ3n) is 3.38. The van der Waals surface area contributed by atoms with Crippen molar-refractivity contribution in [1.82, 2.24) is 15.1 Å². The van der Waals surface area contributed by atoms with Gasteiger partial charge in [-0.2, -0.15) is 5.10 Å². The van der Waals surface area contributed by atoms with Crippen molar-refractivity contribution < 1.29 is 13.8 Å². The number of carbonyl (C=O) groups is 2. The van der Waals surface area contributed by atoms with E-state index in [0.717, 1.165) is 5.56 Å². The number of aromatic nitrogens is 2. The predicted octanol–water partition coefficient (Wildman–Crippen LogP) is 1.47. The van der Waals surface area contributed by atoms with E-state index in [1.165, 1.54) is 6.20 Å². The van der Waals surface area contributed by atoms with Crippen LogP contribution in [0.2, 0.25) is 0 Å². The summed E-state index contributed by atoms with van der Waals surface area (Å²) in [7, 11) is -1.10. The number of carbonyl (C=O) groups excluding carboxylic acids is 2. The summed E-state index contributed by atoms with van der Waals surface area (Å²) < 4.78 is 13.7. The van der Waals surface area contributed by atoms with Crippen LogP contribution in [0, 0.1) is 0 Å². The van der Waals surface area contributed by atoms with Crippen LogP contribution in [0.3, 0.4) is 0 Å². The zero-order valence-electron chi connectivity index (χ0n) is 14.3. The maximum absolute atomic E-state index is 12.0. The van der Waals surface area contributed by atoms with Gasteiger partial charge < -0.3 is 10.6 Å². The molecular weight excluding hydrogens is 340 g/mol. The molecule has 2 aromatic rings. The second-order valence-electron chi connectivity index (χ2n) is 5.79. The molecule has 2 rings (SSSR count). The van der Waals surface area contributed by atoms with E-state index in [9.17, 15) is 13.8 Å². The average molecular weight is 362 g/mol. The summed E-state index contributed by atoms with van der Waals surface area (Å²) in [5, 5.41) is 9.05. The van der Waals surface area contributed by atoms with Crippen LogP contribution in [-0.4, -0.2) is 38.1 Å². The lowest BCUT2D eigenvalue weighted by Gasteiger charge is -2.06. The van der Waals surface area contributed by atoms with Crippen molar-refractivity contribution in [2.24, 2.45) is 0 Å². The Bertz CT molecular complexity index is 743. The number of nitrogens with zero attached hydrogens (tertiary/aromatic N) is 2. The second kappa shape index (κ2) is 9.12. The number of amides is 2. The first-order valence-corrected chi connectivity index (χ1v) is 9.46. The Labute approximate surface area is 149 Å². The minimum atomic E-state index is -1.10. The number of rotatable bonds is 7. The largest absolute Gasteiger partial charge is 0.347 e. The average Bonchev–Trinajstić information content (AvgIpc) is 3.04. The maximum atomic E-state index is 12.0. The number of nitrogens with one attached hydrogen (secondary N) is 2. The highest BCUT2D eigenvalue weighted by Crippen LogP contribution is 2.09. The first kappa shape index (κ1) is 18.9. The Morgan fingerprint density at radius 2 is 1.92 bits per heavy atom. The van der Waals surface area contributed by atoms with E-state index in [4.69, 9.17) is 0 Å². The Kier molecular flexibility index (Phi) is 6.88. The van der Waals surface area contributed by atoms with E-state index in [1.807, 2.05) is 44.2 Å². The molecule has 0 aliphatic carbocycles. The Hall–Kier alpha value is -2.48. The molecule has 1 atom stereocenters. The molecule has 25 heavy (non-hydrogen) atoms. The molecule has 1 heterocycles. The third-order valence-corrected chi connectivity index (χ3v) is 4.70. The van der Waals surface area contributed by atoms with Crippen molar-refractivity contribution in [3.63, 3.8) is 0 Å². The minimum absolute atomic E-state index is 0.166.